The molecule has 2 aliphatic heterocycles. The Labute approximate surface area is 135 Å². The summed E-state index contributed by atoms with van der Waals surface area (Å²) in [6.45, 7) is 2.27. The van der Waals surface area contributed by atoms with Crippen LogP contribution < -0.4 is 10.6 Å². The average molecular weight is 319 g/mol. The lowest BCUT2D eigenvalue weighted by Gasteiger charge is -2.35. The van der Waals surface area contributed by atoms with E-state index in [1.807, 2.05) is 4.90 Å². The van der Waals surface area contributed by atoms with E-state index >= 15 is 0 Å². The van der Waals surface area contributed by atoms with Gasteiger partial charge in [-0.3, -0.25) is 9.59 Å². The molecule has 0 spiro atoms. The molecule has 2 aliphatic rings. The number of nitrogens with two attached hydrogens (primary N) is 1. The molecular weight excluding hydrogens is 297 g/mol. The number of halogens is 1. The Hall–Kier alpha value is -2.11. The van der Waals surface area contributed by atoms with Crippen LogP contribution in [-0.2, 0) is 16.0 Å². The summed E-state index contributed by atoms with van der Waals surface area (Å²) in [6, 6.07) is 4.76. The molecule has 2 amide bonds. The molecule has 0 aliphatic carbocycles. The summed E-state index contributed by atoms with van der Waals surface area (Å²) in [5, 5.41) is 0. The van der Waals surface area contributed by atoms with Crippen LogP contribution in [-0.4, -0.2) is 42.9 Å². The van der Waals surface area contributed by atoms with Crippen molar-refractivity contribution in [3.8, 4) is 0 Å². The molecule has 23 heavy (non-hydrogen) atoms. The Bertz CT molecular complexity index is 612. The molecule has 6 heteroatoms. The van der Waals surface area contributed by atoms with Crippen molar-refractivity contribution in [1.82, 2.24) is 4.90 Å². The van der Waals surface area contributed by atoms with Crippen molar-refractivity contribution < 1.29 is 14.0 Å². The van der Waals surface area contributed by atoms with E-state index in [0.717, 1.165) is 30.6 Å². The third kappa shape index (κ3) is 3.46. The van der Waals surface area contributed by atoms with E-state index in [1.54, 1.807) is 17.0 Å². The topological polar surface area (TPSA) is 66.6 Å². The lowest BCUT2D eigenvalue weighted by atomic mass is 9.96. The summed E-state index contributed by atoms with van der Waals surface area (Å²) in [7, 11) is 0. The van der Waals surface area contributed by atoms with Crippen molar-refractivity contribution in [3.05, 3.63) is 29.6 Å². The number of anilines is 1. The highest BCUT2D eigenvalue weighted by molar-refractivity contribution is 5.83. The molecule has 3 rings (SSSR count). The van der Waals surface area contributed by atoms with E-state index in [1.165, 1.54) is 6.07 Å². The van der Waals surface area contributed by atoms with E-state index in [2.05, 4.69) is 0 Å². The Morgan fingerprint density at radius 3 is 2.65 bits per heavy atom. The van der Waals surface area contributed by atoms with Crippen LogP contribution in [0.15, 0.2) is 18.2 Å². The van der Waals surface area contributed by atoms with Crippen molar-refractivity contribution in [2.75, 3.05) is 31.1 Å². The molecular formula is C17H22FN3O2. The molecule has 1 fully saturated rings. The van der Waals surface area contributed by atoms with Gasteiger partial charge in [-0.05, 0) is 49.4 Å². The molecule has 124 valence electrons. The number of hydrogen-bond donors (Lipinski definition) is 1. The zero-order valence-electron chi connectivity index (χ0n) is 13.1. The Kier molecular flexibility index (Phi) is 4.50. The van der Waals surface area contributed by atoms with Crippen molar-refractivity contribution in [2.45, 2.75) is 25.7 Å². The normalized spacial score (nSPS) is 18.7. The maximum atomic E-state index is 13.3. The fourth-order valence-electron chi connectivity index (χ4n) is 3.48. The lowest BCUT2D eigenvalue weighted by Crippen LogP contribution is -2.46. The standard InChI is InChI=1S/C17H22FN3O2/c18-14-3-4-15-13(10-14)2-1-7-21(15)11-16(22)20-8-5-12(6-9-20)17(19)23/h3-4,10,12H,1-2,5-9,11H2,(H2,19,23). The molecule has 0 unspecified atom stereocenters. The Morgan fingerprint density at radius 1 is 1.22 bits per heavy atom. The number of nitrogens with zero attached hydrogens (tertiary/aromatic N) is 2. The predicted molar refractivity (Wildman–Crippen MR) is 85.4 cm³/mol. The number of aryl methyl sites for hydroxylation is 1. The highest BCUT2D eigenvalue weighted by atomic mass is 19.1. The van der Waals surface area contributed by atoms with Gasteiger partial charge in [-0.1, -0.05) is 0 Å². The number of amides is 2. The molecule has 2 N–H and O–H groups in total. The van der Waals surface area contributed by atoms with Crippen LogP contribution in [0.25, 0.3) is 0 Å². The molecule has 0 aromatic heterocycles. The van der Waals surface area contributed by atoms with E-state index in [-0.39, 0.29) is 23.5 Å². The second-order valence-corrected chi connectivity index (χ2v) is 6.36. The van der Waals surface area contributed by atoms with Crippen molar-refractivity contribution in [1.29, 1.82) is 0 Å². The number of rotatable bonds is 3. The highest BCUT2D eigenvalue weighted by Gasteiger charge is 2.27. The number of primary amides is 1. The van der Waals surface area contributed by atoms with Gasteiger partial charge in [0.25, 0.3) is 0 Å². The molecule has 1 aromatic carbocycles. The van der Waals surface area contributed by atoms with Gasteiger partial charge in [-0.25, -0.2) is 4.39 Å². The first-order chi connectivity index (χ1) is 11.0. The number of benzene rings is 1. The first-order valence-electron chi connectivity index (χ1n) is 8.15. The minimum absolute atomic E-state index is 0.0603. The predicted octanol–water partition coefficient (Wildman–Crippen LogP) is 1.30. The third-order valence-electron chi connectivity index (χ3n) is 4.83. The molecule has 2 heterocycles. The molecule has 0 bridgehead atoms. The highest BCUT2D eigenvalue weighted by Crippen LogP contribution is 2.28. The van der Waals surface area contributed by atoms with Gasteiger partial charge in [0.2, 0.25) is 11.8 Å². The van der Waals surface area contributed by atoms with Crippen LogP contribution >= 0.6 is 0 Å². The van der Waals surface area contributed by atoms with Crippen LogP contribution in [0.2, 0.25) is 0 Å². The molecule has 1 aromatic rings. The number of piperidine rings is 1. The molecule has 1 saturated heterocycles. The van der Waals surface area contributed by atoms with Gasteiger partial charge in [0.15, 0.2) is 0 Å². The van der Waals surface area contributed by atoms with Crippen LogP contribution in [0.5, 0.6) is 0 Å². The summed E-state index contributed by atoms with van der Waals surface area (Å²) >= 11 is 0. The van der Waals surface area contributed by atoms with Crippen LogP contribution in [0.3, 0.4) is 0 Å². The zero-order chi connectivity index (χ0) is 16.4. The number of hydrogen-bond acceptors (Lipinski definition) is 3. The van der Waals surface area contributed by atoms with Gasteiger partial charge in [-0.2, -0.15) is 0 Å². The smallest absolute Gasteiger partial charge is 0.242 e. The number of fused-ring (bicyclic) bond motifs is 1. The maximum absolute atomic E-state index is 13.3. The van der Waals surface area contributed by atoms with Crippen LogP contribution in [0, 0.1) is 11.7 Å². The molecule has 0 radical (unpaired) electrons. The largest absolute Gasteiger partial charge is 0.369 e. The van der Waals surface area contributed by atoms with Gasteiger partial charge in [-0.15, -0.1) is 0 Å². The summed E-state index contributed by atoms with van der Waals surface area (Å²) in [5.74, 6) is -0.558. The zero-order valence-corrected chi connectivity index (χ0v) is 13.1. The van der Waals surface area contributed by atoms with Crippen molar-refractivity contribution in [2.24, 2.45) is 11.7 Å². The second-order valence-electron chi connectivity index (χ2n) is 6.36. The minimum atomic E-state index is -0.274. The SMILES string of the molecule is NC(=O)C1CCN(C(=O)CN2CCCc3cc(F)ccc32)CC1. The van der Waals surface area contributed by atoms with Crippen LogP contribution in [0.1, 0.15) is 24.8 Å². The number of carbonyl (C=O) groups is 2. The van der Waals surface area contributed by atoms with Gasteiger partial charge in [0.1, 0.15) is 5.82 Å². The minimum Gasteiger partial charge on any atom is -0.369 e. The van der Waals surface area contributed by atoms with Crippen molar-refractivity contribution in [3.63, 3.8) is 0 Å². The maximum Gasteiger partial charge on any atom is 0.242 e. The van der Waals surface area contributed by atoms with E-state index in [0.29, 0.717) is 32.5 Å². The number of likely N-dealkylation sites (tertiary alicyclic amines) is 1. The Balaban J connectivity index is 1.62. The summed E-state index contributed by atoms with van der Waals surface area (Å²) in [6.07, 6.45) is 3.06. The first-order valence-corrected chi connectivity index (χ1v) is 8.15. The first kappa shape index (κ1) is 15.8. The summed E-state index contributed by atoms with van der Waals surface area (Å²) in [4.78, 5) is 27.5. The molecule has 0 atom stereocenters. The van der Waals surface area contributed by atoms with E-state index in [9.17, 15) is 14.0 Å². The van der Waals surface area contributed by atoms with Gasteiger partial charge in [0.05, 0.1) is 6.54 Å². The fraction of sp³-hybridized carbons (Fsp3) is 0.529. The van der Waals surface area contributed by atoms with E-state index in [4.69, 9.17) is 5.73 Å². The van der Waals surface area contributed by atoms with Crippen molar-refractivity contribution >= 4 is 17.5 Å². The lowest BCUT2D eigenvalue weighted by molar-refractivity contribution is -0.133. The fourth-order valence-corrected chi connectivity index (χ4v) is 3.48. The summed E-state index contributed by atoms with van der Waals surface area (Å²) < 4.78 is 13.3. The molecule has 5 nitrogen and oxygen atoms in total. The van der Waals surface area contributed by atoms with Crippen LogP contribution in [0.4, 0.5) is 10.1 Å². The van der Waals surface area contributed by atoms with E-state index < -0.39 is 0 Å². The summed E-state index contributed by atoms with van der Waals surface area (Å²) in [5.41, 5.74) is 7.25. The third-order valence-corrected chi connectivity index (χ3v) is 4.83. The number of carbonyl (C=O) groups excluding carboxylic acids is 2. The monoisotopic (exact) mass is 319 g/mol. The molecule has 0 saturated carbocycles. The van der Waals surface area contributed by atoms with Gasteiger partial charge < -0.3 is 15.5 Å². The van der Waals surface area contributed by atoms with Gasteiger partial charge in [0, 0.05) is 31.2 Å². The second kappa shape index (κ2) is 6.56. The van der Waals surface area contributed by atoms with Gasteiger partial charge >= 0.3 is 0 Å². The average Bonchev–Trinajstić information content (AvgIpc) is 2.54. The Morgan fingerprint density at radius 2 is 1.96 bits per heavy atom. The quantitative estimate of drug-likeness (QED) is 0.913.